The molecule has 1 aliphatic rings. The molecule has 1 saturated heterocycles. The van der Waals surface area contributed by atoms with Gasteiger partial charge >= 0.3 is 0 Å². The number of nitrogens with zero attached hydrogens (tertiary/aromatic N) is 1. The van der Waals surface area contributed by atoms with Crippen molar-refractivity contribution in [2.75, 3.05) is 19.6 Å². The normalized spacial score (nSPS) is 22.1. The summed E-state index contributed by atoms with van der Waals surface area (Å²) in [5, 5.41) is 7.98. The third-order valence-electron chi connectivity index (χ3n) is 3.17. The van der Waals surface area contributed by atoms with Crippen LogP contribution in [0.15, 0.2) is 16.8 Å². The third-order valence-corrected chi connectivity index (χ3v) is 3.90. The molecule has 0 aromatic carbocycles. The van der Waals surface area contributed by atoms with Crippen LogP contribution < -0.4 is 5.32 Å². The third kappa shape index (κ3) is 3.58. The van der Waals surface area contributed by atoms with E-state index in [0.29, 0.717) is 6.04 Å². The van der Waals surface area contributed by atoms with Gasteiger partial charge in [-0.05, 0) is 47.8 Å². The summed E-state index contributed by atoms with van der Waals surface area (Å²) in [6.07, 6.45) is 1.35. The van der Waals surface area contributed by atoms with E-state index < -0.39 is 0 Å². The summed E-state index contributed by atoms with van der Waals surface area (Å²) >= 11 is 1.80. The molecule has 2 heterocycles. The lowest BCUT2D eigenvalue weighted by Crippen LogP contribution is -2.30. The minimum Gasteiger partial charge on any atom is -0.314 e. The highest BCUT2D eigenvalue weighted by Crippen LogP contribution is 2.19. The Balaban J connectivity index is 1.71. The summed E-state index contributed by atoms with van der Waals surface area (Å²) in [6.45, 7) is 9.28. The molecule has 1 atom stereocenters. The molecule has 0 saturated carbocycles. The van der Waals surface area contributed by atoms with Gasteiger partial charge in [-0.15, -0.1) is 0 Å². The van der Waals surface area contributed by atoms with Crippen molar-refractivity contribution in [1.29, 1.82) is 0 Å². The highest BCUT2D eigenvalue weighted by atomic mass is 32.1. The zero-order chi connectivity index (χ0) is 11.4. The average Bonchev–Trinajstić information content (AvgIpc) is 2.87. The maximum Gasteiger partial charge on any atom is 0.0242 e. The van der Waals surface area contributed by atoms with Crippen molar-refractivity contribution in [3.8, 4) is 0 Å². The molecule has 0 spiro atoms. The summed E-state index contributed by atoms with van der Waals surface area (Å²) in [5.41, 5.74) is 1.47. The van der Waals surface area contributed by atoms with Crippen molar-refractivity contribution >= 4 is 11.3 Å². The molecule has 16 heavy (non-hydrogen) atoms. The second-order valence-corrected chi connectivity index (χ2v) is 5.86. The largest absolute Gasteiger partial charge is 0.314 e. The van der Waals surface area contributed by atoms with Gasteiger partial charge in [0.2, 0.25) is 0 Å². The first-order valence-electron chi connectivity index (χ1n) is 6.21. The summed E-state index contributed by atoms with van der Waals surface area (Å²) in [6, 6.07) is 2.86. The van der Waals surface area contributed by atoms with Crippen LogP contribution in [-0.4, -0.2) is 30.6 Å². The van der Waals surface area contributed by atoms with Crippen molar-refractivity contribution in [1.82, 2.24) is 10.2 Å². The quantitative estimate of drug-likeness (QED) is 0.848. The molecule has 1 aromatic rings. The van der Waals surface area contributed by atoms with Crippen LogP contribution in [0, 0.1) is 5.92 Å². The lowest BCUT2D eigenvalue weighted by molar-refractivity contribution is 0.313. The first-order chi connectivity index (χ1) is 7.74. The fourth-order valence-electron chi connectivity index (χ4n) is 2.27. The van der Waals surface area contributed by atoms with Crippen molar-refractivity contribution < 1.29 is 0 Å². The van der Waals surface area contributed by atoms with Crippen LogP contribution in [-0.2, 0) is 6.54 Å². The van der Waals surface area contributed by atoms with E-state index in [1.54, 1.807) is 11.3 Å². The minimum atomic E-state index is 0.617. The summed E-state index contributed by atoms with van der Waals surface area (Å²) in [7, 11) is 0. The van der Waals surface area contributed by atoms with Gasteiger partial charge in [0.15, 0.2) is 0 Å². The van der Waals surface area contributed by atoms with E-state index in [-0.39, 0.29) is 0 Å². The van der Waals surface area contributed by atoms with Crippen LogP contribution in [0.3, 0.4) is 0 Å². The molecule has 90 valence electrons. The summed E-state index contributed by atoms with van der Waals surface area (Å²) < 4.78 is 0. The van der Waals surface area contributed by atoms with Gasteiger partial charge in [-0.3, -0.25) is 4.90 Å². The van der Waals surface area contributed by atoms with Crippen molar-refractivity contribution in [3.05, 3.63) is 22.4 Å². The van der Waals surface area contributed by atoms with Crippen LogP contribution in [0.25, 0.3) is 0 Å². The fourth-order valence-corrected chi connectivity index (χ4v) is 2.93. The fraction of sp³-hybridized carbons (Fsp3) is 0.692. The lowest BCUT2D eigenvalue weighted by Gasteiger charge is -2.16. The summed E-state index contributed by atoms with van der Waals surface area (Å²) in [4.78, 5) is 2.58. The zero-order valence-corrected chi connectivity index (χ0v) is 11.1. The number of nitrogens with one attached hydrogen (secondary N) is 1. The van der Waals surface area contributed by atoms with E-state index in [2.05, 4.69) is 40.9 Å². The number of hydrogen-bond acceptors (Lipinski definition) is 3. The van der Waals surface area contributed by atoms with Crippen LogP contribution in [0.2, 0.25) is 0 Å². The first kappa shape index (κ1) is 12.1. The second-order valence-electron chi connectivity index (χ2n) is 5.08. The van der Waals surface area contributed by atoms with Crippen molar-refractivity contribution in [2.24, 2.45) is 5.92 Å². The molecule has 1 aromatic heterocycles. The average molecular weight is 238 g/mol. The van der Waals surface area contributed by atoms with E-state index >= 15 is 0 Å². The van der Waals surface area contributed by atoms with Gasteiger partial charge < -0.3 is 5.32 Å². The Labute approximate surface area is 103 Å². The molecule has 0 radical (unpaired) electrons. The molecule has 1 N–H and O–H groups in total. The van der Waals surface area contributed by atoms with Gasteiger partial charge in [-0.1, -0.05) is 13.8 Å². The van der Waals surface area contributed by atoms with Crippen LogP contribution in [0.4, 0.5) is 0 Å². The lowest BCUT2D eigenvalue weighted by atomic mass is 10.1. The molecule has 2 rings (SSSR count). The minimum absolute atomic E-state index is 0.617. The van der Waals surface area contributed by atoms with Crippen LogP contribution >= 0.6 is 11.3 Å². The highest BCUT2D eigenvalue weighted by molar-refractivity contribution is 7.07. The Bertz CT molecular complexity index is 295. The molecule has 1 fully saturated rings. The molecule has 0 aliphatic carbocycles. The smallest absolute Gasteiger partial charge is 0.0242 e. The molecule has 2 nitrogen and oxygen atoms in total. The van der Waals surface area contributed by atoms with Gasteiger partial charge in [0, 0.05) is 19.1 Å². The van der Waals surface area contributed by atoms with Crippen molar-refractivity contribution in [2.45, 2.75) is 32.9 Å². The SMILES string of the molecule is CC(C)NCC1CCN(Cc2ccsc2)C1. The van der Waals surface area contributed by atoms with Gasteiger partial charge in [0.25, 0.3) is 0 Å². The monoisotopic (exact) mass is 238 g/mol. The Morgan fingerprint density at radius 2 is 2.44 bits per heavy atom. The summed E-state index contributed by atoms with van der Waals surface area (Å²) in [5.74, 6) is 0.848. The number of rotatable bonds is 5. The molecular formula is C13H22N2S. The number of thiophene rings is 1. The van der Waals surface area contributed by atoms with E-state index in [1.807, 2.05) is 0 Å². The van der Waals surface area contributed by atoms with Crippen LogP contribution in [0.1, 0.15) is 25.8 Å². The predicted octanol–water partition coefficient (Wildman–Crippen LogP) is 2.57. The van der Waals surface area contributed by atoms with Gasteiger partial charge in [0.1, 0.15) is 0 Å². The van der Waals surface area contributed by atoms with Gasteiger partial charge in [0.05, 0.1) is 0 Å². The Hall–Kier alpha value is -0.380. The first-order valence-corrected chi connectivity index (χ1v) is 7.15. The van der Waals surface area contributed by atoms with Crippen molar-refractivity contribution in [3.63, 3.8) is 0 Å². The Morgan fingerprint density at radius 3 is 3.12 bits per heavy atom. The van der Waals surface area contributed by atoms with Crippen LogP contribution in [0.5, 0.6) is 0 Å². The molecule has 0 amide bonds. The Morgan fingerprint density at radius 1 is 1.56 bits per heavy atom. The Kier molecular flexibility index (Phi) is 4.38. The molecule has 1 unspecified atom stereocenters. The van der Waals surface area contributed by atoms with Gasteiger partial charge in [-0.25, -0.2) is 0 Å². The highest BCUT2D eigenvalue weighted by Gasteiger charge is 2.22. The standard InChI is InChI=1S/C13H22N2S/c1-11(2)14-7-12-3-5-15(8-12)9-13-4-6-16-10-13/h4,6,10-12,14H,3,5,7-9H2,1-2H3. The molecule has 0 bridgehead atoms. The molecule has 3 heteroatoms. The second kappa shape index (κ2) is 5.80. The zero-order valence-electron chi connectivity index (χ0n) is 10.3. The molecular weight excluding hydrogens is 216 g/mol. The number of likely N-dealkylation sites (tertiary alicyclic amines) is 1. The maximum atomic E-state index is 3.54. The number of hydrogen-bond donors (Lipinski definition) is 1. The van der Waals surface area contributed by atoms with E-state index in [0.717, 1.165) is 12.5 Å². The topological polar surface area (TPSA) is 15.3 Å². The van der Waals surface area contributed by atoms with E-state index in [9.17, 15) is 0 Å². The van der Waals surface area contributed by atoms with Gasteiger partial charge in [-0.2, -0.15) is 11.3 Å². The molecule has 1 aliphatic heterocycles. The maximum absolute atomic E-state index is 3.54. The van der Waals surface area contributed by atoms with E-state index in [4.69, 9.17) is 0 Å². The predicted molar refractivity (Wildman–Crippen MR) is 70.8 cm³/mol. The van der Waals surface area contributed by atoms with E-state index in [1.165, 1.54) is 31.6 Å².